The van der Waals surface area contributed by atoms with Crippen molar-refractivity contribution in [3.05, 3.63) is 54.1 Å². The molecule has 0 bridgehead atoms. The fourth-order valence-electron chi connectivity index (χ4n) is 2.99. The maximum Gasteiger partial charge on any atom is 0.296 e. The van der Waals surface area contributed by atoms with Crippen LogP contribution in [0.3, 0.4) is 0 Å². The van der Waals surface area contributed by atoms with Gasteiger partial charge in [-0.25, -0.2) is 0 Å². The third-order valence-electron chi connectivity index (χ3n) is 4.10. The molecule has 1 aliphatic heterocycles. The molecule has 0 spiro atoms. The lowest BCUT2D eigenvalue weighted by Crippen LogP contribution is -2.39. The van der Waals surface area contributed by atoms with Crippen molar-refractivity contribution in [1.82, 2.24) is 4.98 Å². The molecule has 0 aliphatic carbocycles. The Morgan fingerprint density at radius 3 is 2.91 bits per heavy atom. The van der Waals surface area contributed by atoms with Crippen molar-refractivity contribution in [2.75, 3.05) is 23.3 Å². The molecule has 3 aromatic rings. The molecule has 4 rings (SSSR count). The molecule has 1 N–H and O–H groups in total. The third-order valence-corrected chi connectivity index (χ3v) is 4.10. The second kappa shape index (κ2) is 5.76. The highest BCUT2D eigenvalue weighted by Crippen LogP contribution is 2.26. The smallest absolute Gasteiger partial charge is 0.296 e. The average Bonchev–Trinajstić information content (AvgIpc) is 3.02. The Morgan fingerprint density at radius 2 is 2.00 bits per heavy atom. The van der Waals surface area contributed by atoms with Crippen molar-refractivity contribution in [2.45, 2.75) is 12.8 Å². The number of nitrogens with one attached hydrogen (secondary N) is 1. The van der Waals surface area contributed by atoms with Gasteiger partial charge in [0, 0.05) is 12.2 Å². The molecule has 1 aromatic heterocycles. The zero-order chi connectivity index (χ0) is 15.6. The van der Waals surface area contributed by atoms with E-state index in [-0.39, 0.29) is 12.5 Å². The van der Waals surface area contributed by atoms with Gasteiger partial charge in [-0.05, 0) is 36.6 Å². The topological polar surface area (TPSA) is 58.4 Å². The molecular formula is C18H17N3O2. The Bertz CT molecular complexity index is 823. The van der Waals surface area contributed by atoms with Crippen LogP contribution in [-0.4, -0.2) is 24.0 Å². The number of carbonyl (C=O) groups excluding carboxylic acids is 1. The summed E-state index contributed by atoms with van der Waals surface area (Å²) in [5.41, 5.74) is 3.74. The summed E-state index contributed by atoms with van der Waals surface area (Å²) in [6.07, 6.45) is 2.02. The minimum absolute atomic E-state index is 0.0272. The van der Waals surface area contributed by atoms with Crippen LogP contribution in [0.5, 0.6) is 0 Å². The quantitative estimate of drug-likeness (QED) is 0.807. The number of aromatic nitrogens is 1. The molecule has 1 amide bonds. The summed E-state index contributed by atoms with van der Waals surface area (Å²) in [7, 11) is 0. The minimum Gasteiger partial charge on any atom is -0.424 e. The first-order valence-electron chi connectivity index (χ1n) is 7.79. The summed E-state index contributed by atoms with van der Waals surface area (Å²) in [5.74, 6) is 0.0272. The molecular weight excluding hydrogens is 290 g/mol. The van der Waals surface area contributed by atoms with E-state index in [0.29, 0.717) is 11.6 Å². The number of fused-ring (bicyclic) bond motifs is 2. The highest BCUT2D eigenvalue weighted by molar-refractivity contribution is 5.97. The highest BCUT2D eigenvalue weighted by Gasteiger charge is 2.22. The average molecular weight is 307 g/mol. The van der Waals surface area contributed by atoms with Gasteiger partial charge < -0.3 is 14.6 Å². The zero-order valence-corrected chi connectivity index (χ0v) is 12.7. The number of carbonyl (C=O) groups is 1. The molecule has 0 saturated heterocycles. The van der Waals surface area contributed by atoms with Gasteiger partial charge in [0.2, 0.25) is 5.91 Å². The van der Waals surface area contributed by atoms with Crippen molar-refractivity contribution in [1.29, 1.82) is 0 Å². The van der Waals surface area contributed by atoms with Crippen LogP contribution in [0.4, 0.5) is 11.7 Å². The Balaban J connectivity index is 1.48. The number of aryl methyl sites for hydroxylation is 1. The number of rotatable bonds is 3. The molecule has 2 heterocycles. The summed E-state index contributed by atoms with van der Waals surface area (Å²) < 4.78 is 5.58. The van der Waals surface area contributed by atoms with E-state index in [9.17, 15) is 4.79 Å². The van der Waals surface area contributed by atoms with Crippen LogP contribution in [0.2, 0.25) is 0 Å². The van der Waals surface area contributed by atoms with Crippen molar-refractivity contribution < 1.29 is 9.21 Å². The van der Waals surface area contributed by atoms with Crippen molar-refractivity contribution >= 4 is 28.7 Å². The molecule has 5 nitrogen and oxygen atoms in total. The summed E-state index contributed by atoms with van der Waals surface area (Å²) in [4.78, 5) is 18.7. The molecule has 23 heavy (non-hydrogen) atoms. The first kappa shape index (κ1) is 13.8. The zero-order valence-electron chi connectivity index (χ0n) is 12.7. The van der Waals surface area contributed by atoms with Gasteiger partial charge in [0.15, 0.2) is 5.58 Å². The number of para-hydroxylation sites is 3. The fourth-order valence-corrected chi connectivity index (χ4v) is 2.99. The lowest BCUT2D eigenvalue weighted by atomic mass is 10.0. The standard InChI is InChI=1S/C18H17N3O2/c22-17(21-11-5-7-13-6-1-3-9-15(13)21)12-19-18-20-14-8-2-4-10-16(14)23-18/h1-4,6,8-10H,5,7,11-12H2,(H,19,20). The monoisotopic (exact) mass is 307 g/mol. The molecule has 2 aromatic carbocycles. The summed E-state index contributed by atoms with van der Waals surface area (Å²) in [6.45, 7) is 0.923. The van der Waals surface area contributed by atoms with E-state index in [2.05, 4.69) is 16.4 Å². The van der Waals surface area contributed by atoms with E-state index in [1.54, 1.807) is 0 Å². The Kier molecular flexibility index (Phi) is 3.46. The lowest BCUT2D eigenvalue weighted by Gasteiger charge is -2.29. The first-order chi connectivity index (χ1) is 11.3. The molecule has 5 heteroatoms. The molecule has 0 radical (unpaired) electrons. The molecule has 0 fully saturated rings. The van der Waals surface area contributed by atoms with Gasteiger partial charge in [-0.1, -0.05) is 30.3 Å². The van der Waals surface area contributed by atoms with Gasteiger partial charge in [0.25, 0.3) is 6.01 Å². The van der Waals surface area contributed by atoms with E-state index in [0.717, 1.165) is 30.6 Å². The van der Waals surface area contributed by atoms with Crippen LogP contribution in [0, 0.1) is 0 Å². The largest absolute Gasteiger partial charge is 0.424 e. The number of hydrogen-bond acceptors (Lipinski definition) is 4. The van der Waals surface area contributed by atoms with Crippen LogP contribution < -0.4 is 10.2 Å². The van der Waals surface area contributed by atoms with Gasteiger partial charge >= 0.3 is 0 Å². The van der Waals surface area contributed by atoms with E-state index in [1.165, 1.54) is 5.56 Å². The lowest BCUT2D eigenvalue weighted by molar-refractivity contribution is -0.117. The number of anilines is 2. The number of hydrogen-bond donors (Lipinski definition) is 1. The number of oxazole rings is 1. The Labute approximate surface area is 133 Å². The maximum atomic E-state index is 12.5. The third kappa shape index (κ3) is 2.65. The van der Waals surface area contributed by atoms with E-state index < -0.39 is 0 Å². The highest BCUT2D eigenvalue weighted by atomic mass is 16.4. The van der Waals surface area contributed by atoms with Gasteiger partial charge in [-0.2, -0.15) is 4.98 Å². The Morgan fingerprint density at radius 1 is 1.17 bits per heavy atom. The van der Waals surface area contributed by atoms with Crippen molar-refractivity contribution in [3.8, 4) is 0 Å². The number of benzene rings is 2. The van der Waals surface area contributed by atoms with E-state index >= 15 is 0 Å². The Hall–Kier alpha value is -2.82. The fraction of sp³-hybridized carbons (Fsp3) is 0.222. The first-order valence-corrected chi connectivity index (χ1v) is 7.79. The van der Waals surface area contributed by atoms with Gasteiger partial charge in [-0.15, -0.1) is 0 Å². The summed E-state index contributed by atoms with van der Waals surface area (Å²) >= 11 is 0. The van der Waals surface area contributed by atoms with Crippen molar-refractivity contribution in [3.63, 3.8) is 0 Å². The normalized spacial score (nSPS) is 13.8. The second-order valence-corrected chi connectivity index (χ2v) is 5.62. The summed E-state index contributed by atoms with van der Waals surface area (Å²) in [6, 6.07) is 16.0. The molecule has 0 unspecified atom stereocenters. The molecule has 1 aliphatic rings. The predicted molar refractivity (Wildman–Crippen MR) is 89.6 cm³/mol. The van der Waals surface area contributed by atoms with Crippen LogP contribution in [0.25, 0.3) is 11.1 Å². The SMILES string of the molecule is O=C(CNc1nc2ccccc2o1)N1CCCc2ccccc21. The van der Waals surface area contributed by atoms with E-state index in [4.69, 9.17) is 4.42 Å². The number of amides is 1. The summed E-state index contributed by atoms with van der Waals surface area (Å²) in [5, 5.41) is 2.99. The van der Waals surface area contributed by atoms with Gasteiger partial charge in [0.1, 0.15) is 5.52 Å². The minimum atomic E-state index is 0.0272. The van der Waals surface area contributed by atoms with Crippen molar-refractivity contribution in [2.24, 2.45) is 0 Å². The van der Waals surface area contributed by atoms with Crippen LogP contribution >= 0.6 is 0 Å². The second-order valence-electron chi connectivity index (χ2n) is 5.62. The number of nitrogens with zero attached hydrogens (tertiary/aromatic N) is 2. The molecule has 0 saturated carbocycles. The molecule has 0 atom stereocenters. The van der Waals surface area contributed by atoms with Crippen LogP contribution in [-0.2, 0) is 11.2 Å². The van der Waals surface area contributed by atoms with Gasteiger partial charge in [0.05, 0.1) is 6.54 Å². The van der Waals surface area contributed by atoms with E-state index in [1.807, 2.05) is 47.4 Å². The van der Waals surface area contributed by atoms with Crippen LogP contribution in [0.15, 0.2) is 52.9 Å². The van der Waals surface area contributed by atoms with Crippen LogP contribution in [0.1, 0.15) is 12.0 Å². The predicted octanol–water partition coefficient (Wildman–Crippen LogP) is 3.22. The maximum absolute atomic E-state index is 12.5. The van der Waals surface area contributed by atoms with Gasteiger partial charge in [-0.3, -0.25) is 4.79 Å². The molecule has 116 valence electrons.